The van der Waals surface area contributed by atoms with Crippen molar-refractivity contribution < 1.29 is 4.39 Å². The molecule has 0 atom stereocenters. The second kappa shape index (κ2) is 8.00. The van der Waals surface area contributed by atoms with Gasteiger partial charge in [-0.25, -0.2) is 9.37 Å². The van der Waals surface area contributed by atoms with Gasteiger partial charge in [0.2, 0.25) is 5.95 Å². The molecular formula is C21H15Cl2FN4. The first-order valence-electron chi connectivity index (χ1n) is 8.56. The molecule has 2 N–H and O–H groups in total. The summed E-state index contributed by atoms with van der Waals surface area (Å²) in [7, 11) is 0. The third-order valence-corrected chi connectivity index (χ3v) is 4.84. The monoisotopic (exact) mass is 412 g/mol. The minimum absolute atomic E-state index is 0.0304. The number of hydrogen-bond acceptors (Lipinski definition) is 4. The summed E-state index contributed by atoms with van der Waals surface area (Å²) < 4.78 is 13.4. The van der Waals surface area contributed by atoms with Crippen LogP contribution in [0.3, 0.4) is 0 Å². The van der Waals surface area contributed by atoms with Gasteiger partial charge in [0.05, 0.1) is 10.5 Å². The Balaban J connectivity index is 1.66. The Morgan fingerprint density at radius 1 is 0.857 bits per heavy atom. The number of aromatic nitrogens is 2. The van der Waals surface area contributed by atoms with Crippen LogP contribution in [0.15, 0.2) is 66.7 Å². The Bertz CT molecular complexity index is 1150. The second-order valence-electron chi connectivity index (χ2n) is 6.11. The molecule has 0 aliphatic rings. The van der Waals surface area contributed by atoms with Gasteiger partial charge < -0.3 is 10.6 Å². The number of rotatable bonds is 5. The average molecular weight is 413 g/mol. The van der Waals surface area contributed by atoms with Crippen LogP contribution in [-0.2, 0) is 6.54 Å². The molecule has 4 nitrogen and oxygen atoms in total. The first-order chi connectivity index (χ1) is 13.6. The van der Waals surface area contributed by atoms with E-state index in [4.69, 9.17) is 23.2 Å². The average Bonchev–Trinajstić information content (AvgIpc) is 2.70. The highest BCUT2D eigenvalue weighted by Crippen LogP contribution is 2.26. The van der Waals surface area contributed by atoms with Crippen molar-refractivity contribution in [2.24, 2.45) is 0 Å². The predicted octanol–water partition coefficient (Wildman–Crippen LogP) is 6.43. The number of fused-ring (bicyclic) bond motifs is 1. The maximum Gasteiger partial charge on any atom is 0.229 e. The Hall–Kier alpha value is -2.89. The highest BCUT2D eigenvalue weighted by Gasteiger charge is 2.09. The van der Waals surface area contributed by atoms with Gasteiger partial charge >= 0.3 is 0 Å². The van der Waals surface area contributed by atoms with Crippen molar-refractivity contribution in [1.29, 1.82) is 0 Å². The van der Waals surface area contributed by atoms with Crippen molar-refractivity contribution in [2.45, 2.75) is 6.54 Å². The highest BCUT2D eigenvalue weighted by atomic mass is 35.5. The van der Waals surface area contributed by atoms with E-state index >= 15 is 0 Å². The molecule has 0 amide bonds. The molecule has 28 heavy (non-hydrogen) atoms. The molecule has 0 aliphatic carbocycles. The summed E-state index contributed by atoms with van der Waals surface area (Å²) in [5.74, 6) is 0.568. The first-order valence-corrected chi connectivity index (χ1v) is 9.32. The maximum absolute atomic E-state index is 13.4. The lowest BCUT2D eigenvalue weighted by molar-refractivity contribution is 0.628. The fourth-order valence-electron chi connectivity index (χ4n) is 2.79. The van der Waals surface area contributed by atoms with Crippen molar-refractivity contribution in [3.8, 4) is 0 Å². The SMILES string of the molecule is Fc1ccc(Nc2nc(NCc3ccccc3Cl)c3ccccc3n2)cc1Cl. The Morgan fingerprint density at radius 2 is 1.64 bits per heavy atom. The lowest BCUT2D eigenvalue weighted by atomic mass is 10.2. The van der Waals surface area contributed by atoms with E-state index in [9.17, 15) is 4.39 Å². The molecule has 4 aromatic rings. The lowest BCUT2D eigenvalue weighted by Gasteiger charge is -2.13. The van der Waals surface area contributed by atoms with Crippen LogP contribution in [-0.4, -0.2) is 9.97 Å². The Kier molecular flexibility index (Phi) is 5.28. The summed E-state index contributed by atoms with van der Waals surface area (Å²) in [6.45, 7) is 0.516. The molecule has 0 aliphatic heterocycles. The van der Waals surface area contributed by atoms with Gasteiger partial charge in [0, 0.05) is 22.6 Å². The van der Waals surface area contributed by atoms with Crippen molar-refractivity contribution in [1.82, 2.24) is 9.97 Å². The van der Waals surface area contributed by atoms with Gasteiger partial charge in [-0.3, -0.25) is 0 Å². The zero-order valence-corrected chi connectivity index (χ0v) is 16.1. The fraction of sp³-hybridized carbons (Fsp3) is 0.0476. The molecule has 4 rings (SSSR count). The van der Waals surface area contributed by atoms with Crippen molar-refractivity contribution in [3.05, 3.63) is 88.2 Å². The van der Waals surface area contributed by atoms with Crippen LogP contribution in [0.25, 0.3) is 10.9 Å². The largest absolute Gasteiger partial charge is 0.365 e. The molecule has 0 saturated heterocycles. The minimum Gasteiger partial charge on any atom is -0.365 e. The molecule has 0 unspecified atom stereocenters. The molecule has 0 bridgehead atoms. The third kappa shape index (κ3) is 4.01. The standard InChI is InChI=1S/C21H15Cl2FN4/c22-16-7-3-1-5-13(16)12-25-20-15-6-2-4-8-19(15)27-21(28-20)26-14-9-10-18(24)17(23)11-14/h1-11H,12H2,(H2,25,26,27,28). The molecule has 0 spiro atoms. The molecule has 140 valence electrons. The van der Waals surface area contributed by atoms with Crippen molar-refractivity contribution in [3.63, 3.8) is 0 Å². The number of halogens is 3. The minimum atomic E-state index is -0.478. The summed E-state index contributed by atoms with van der Waals surface area (Å²) in [4.78, 5) is 9.11. The van der Waals surface area contributed by atoms with Crippen LogP contribution in [0.2, 0.25) is 10.0 Å². The predicted molar refractivity (Wildman–Crippen MR) is 113 cm³/mol. The van der Waals surface area contributed by atoms with E-state index in [1.807, 2.05) is 48.5 Å². The topological polar surface area (TPSA) is 49.8 Å². The summed E-state index contributed by atoms with van der Waals surface area (Å²) >= 11 is 12.1. The molecule has 0 saturated carbocycles. The number of anilines is 3. The number of para-hydroxylation sites is 1. The maximum atomic E-state index is 13.4. The van der Waals surface area contributed by atoms with Gasteiger partial charge in [0.15, 0.2) is 0 Å². The molecule has 1 heterocycles. The smallest absolute Gasteiger partial charge is 0.229 e. The van der Waals surface area contributed by atoms with E-state index in [1.54, 1.807) is 6.07 Å². The molecule has 3 aromatic carbocycles. The molecular weight excluding hydrogens is 398 g/mol. The van der Waals surface area contributed by atoms with Crippen LogP contribution >= 0.6 is 23.2 Å². The van der Waals surface area contributed by atoms with Gasteiger partial charge in [-0.05, 0) is 42.0 Å². The third-order valence-electron chi connectivity index (χ3n) is 4.18. The molecule has 1 aromatic heterocycles. The van der Waals surface area contributed by atoms with Gasteiger partial charge in [-0.15, -0.1) is 0 Å². The van der Waals surface area contributed by atoms with Crippen molar-refractivity contribution >= 4 is 51.6 Å². The molecule has 7 heteroatoms. The number of benzene rings is 3. The van der Waals surface area contributed by atoms with E-state index < -0.39 is 5.82 Å². The van der Waals surface area contributed by atoms with Crippen molar-refractivity contribution in [2.75, 3.05) is 10.6 Å². The normalized spacial score (nSPS) is 10.8. The van der Waals surface area contributed by atoms with E-state index in [1.165, 1.54) is 12.1 Å². The molecule has 0 radical (unpaired) electrons. The Morgan fingerprint density at radius 3 is 2.46 bits per heavy atom. The van der Waals surface area contributed by atoms with E-state index in [2.05, 4.69) is 20.6 Å². The van der Waals surface area contributed by atoms with Gasteiger partial charge in [0.1, 0.15) is 11.6 Å². The van der Waals surface area contributed by atoms with Gasteiger partial charge in [-0.2, -0.15) is 4.98 Å². The summed E-state index contributed by atoms with van der Waals surface area (Å²) in [6, 6.07) is 19.7. The van der Waals surface area contributed by atoms with E-state index in [0.717, 1.165) is 16.5 Å². The lowest BCUT2D eigenvalue weighted by Crippen LogP contribution is -2.06. The molecule has 0 fully saturated rings. The highest BCUT2D eigenvalue weighted by molar-refractivity contribution is 6.31. The number of hydrogen-bond donors (Lipinski definition) is 2. The van der Waals surface area contributed by atoms with Gasteiger partial charge in [0.25, 0.3) is 0 Å². The fourth-order valence-corrected chi connectivity index (χ4v) is 3.17. The van der Waals surface area contributed by atoms with Gasteiger partial charge in [-0.1, -0.05) is 53.5 Å². The van der Waals surface area contributed by atoms with E-state index in [-0.39, 0.29) is 5.02 Å². The van der Waals surface area contributed by atoms with Crippen LogP contribution in [0.4, 0.5) is 21.8 Å². The Labute approximate surface area is 171 Å². The van der Waals surface area contributed by atoms with Crippen LogP contribution in [0.5, 0.6) is 0 Å². The second-order valence-corrected chi connectivity index (χ2v) is 6.93. The van der Waals surface area contributed by atoms with Crippen LogP contribution in [0.1, 0.15) is 5.56 Å². The summed E-state index contributed by atoms with van der Waals surface area (Å²) in [6.07, 6.45) is 0. The number of nitrogens with one attached hydrogen (secondary N) is 2. The quantitative estimate of drug-likeness (QED) is 0.396. The zero-order chi connectivity index (χ0) is 19.5. The zero-order valence-electron chi connectivity index (χ0n) is 14.6. The van der Waals surface area contributed by atoms with E-state index in [0.29, 0.717) is 29.0 Å². The number of nitrogens with zero attached hydrogens (tertiary/aromatic N) is 2. The van der Waals surface area contributed by atoms with Crippen LogP contribution in [0, 0.1) is 5.82 Å². The summed E-state index contributed by atoms with van der Waals surface area (Å²) in [5.41, 5.74) is 2.33. The first kappa shape index (κ1) is 18.5. The summed E-state index contributed by atoms with van der Waals surface area (Å²) in [5, 5.41) is 8.01. The van der Waals surface area contributed by atoms with Crippen LogP contribution < -0.4 is 10.6 Å².